The number of nitrogens with zero attached hydrogens (tertiary/aromatic N) is 1. The number of carbonyl (C=O) groups is 2. The highest BCUT2D eigenvalue weighted by molar-refractivity contribution is 7.10. The summed E-state index contributed by atoms with van der Waals surface area (Å²) in [5.41, 5.74) is 2.31. The van der Waals surface area contributed by atoms with Gasteiger partial charge in [-0.15, -0.1) is 11.3 Å². The fourth-order valence-electron chi connectivity index (χ4n) is 3.53. The van der Waals surface area contributed by atoms with Gasteiger partial charge in [0.2, 0.25) is 5.91 Å². The third-order valence-electron chi connectivity index (χ3n) is 5.00. The first-order chi connectivity index (χ1) is 13.1. The number of nitrogens with one attached hydrogen (secondary N) is 3. The molecule has 0 aliphatic carbocycles. The zero-order valence-electron chi connectivity index (χ0n) is 15.1. The summed E-state index contributed by atoms with van der Waals surface area (Å²) in [5.74, 6) is -0.0577. The number of imide groups is 1. The topological polar surface area (TPSA) is 77.2 Å². The molecule has 6 nitrogen and oxygen atoms in total. The zero-order chi connectivity index (χ0) is 18.8. The van der Waals surface area contributed by atoms with E-state index in [9.17, 15) is 9.59 Å². The van der Waals surface area contributed by atoms with E-state index in [4.69, 9.17) is 0 Å². The van der Waals surface area contributed by atoms with E-state index < -0.39 is 6.04 Å². The third-order valence-corrected chi connectivity index (χ3v) is 5.99. The summed E-state index contributed by atoms with van der Waals surface area (Å²) in [6.07, 6.45) is 2.05. The molecule has 140 valence electrons. The van der Waals surface area contributed by atoms with Crippen molar-refractivity contribution in [1.82, 2.24) is 20.5 Å². The second-order valence-electron chi connectivity index (χ2n) is 6.71. The molecule has 0 saturated carbocycles. The highest BCUT2D eigenvalue weighted by Crippen LogP contribution is 2.32. The second-order valence-corrected chi connectivity index (χ2v) is 7.69. The summed E-state index contributed by atoms with van der Waals surface area (Å²) in [5, 5.41) is 9.27. The number of thiophene rings is 1. The van der Waals surface area contributed by atoms with Crippen LogP contribution in [-0.2, 0) is 4.79 Å². The highest BCUT2D eigenvalue weighted by Gasteiger charge is 2.30. The van der Waals surface area contributed by atoms with Crippen LogP contribution >= 0.6 is 11.3 Å². The van der Waals surface area contributed by atoms with Gasteiger partial charge in [0.1, 0.15) is 0 Å². The number of para-hydroxylation sites is 1. The Morgan fingerprint density at radius 2 is 2.15 bits per heavy atom. The number of aromatic amines is 1. The fourth-order valence-corrected chi connectivity index (χ4v) is 4.38. The van der Waals surface area contributed by atoms with E-state index in [0.29, 0.717) is 19.6 Å². The van der Waals surface area contributed by atoms with Gasteiger partial charge in [0.25, 0.3) is 0 Å². The molecule has 1 fully saturated rings. The molecule has 1 aromatic carbocycles. The zero-order valence-corrected chi connectivity index (χ0v) is 15.9. The standard InChI is InChI=1S/C20H22N4O2S/c1-13(19(25)24-9-8-21-20(24)26)22-12-16(18-7-4-10-27-18)15-11-23-17-6-3-2-5-14(15)17/h2-7,10-11,13,16,22-23H,8-9,12H2,1H3,(H,21,26)/t13-,16+/m1/s1. The molecule has 3 amide bonds. The van der Waals surface area contributed by atoms with Crippen LogP contribution in [0.5, 0.6) is 0 Å². The Morgan fingerprint density at radius 1 is 1.30 bits per heavy atom. The van der Waals surface area contributed by atoms with Crippen molar-refractivity contribution in [3.05, 3.63) is 58.4 Å². The summed E-state index contributed by atoms with van der Waals surface area (Å²) in [6, 6.07) is 11.7. The lowest BCUT2D eigenvalue weighted by atomic mass is 9.96. The van der Waals surface area contributed by atoms with E-state index in [-0.39, 0.29) is 17.9 Å². The van der Waals surface area contributed by atoms with Crippen LogP contribution in [0.25, 0.3) is 10.9 Å². The minimum atomic E-state index is -0.429. The Kier molecular flexibility index (Phi) is 4.96. The SMILES string of the molecule is C[C@@H](NC[C@H](c1cccs1)c1c[nH]c2ccccc12)C(=O)N1CCNC1=O. The van der Waals surface area contributed by atoms with Gasteiger partial charge in [-0.1, -0.05) is 24.3 Å². The first kappa shape index (κ1) is 17.8. The molecule has 2 aromatic heterocycles. The van der Waals surface area contributed by atoms with Gasteiger partial charge < -0.3 is 15.6 Å². The maximum atomic E-state index is 12.6. The van der Waals surface area contributed by atoms with Gasteiger partial charge in [-0.05, 0) is 30.0 Å². The number of urea groups is 1. The summed E-state index contributed by atoms with van der Waals surface area (Å²) in [7, 11) is 0. The lowest BCUT2D eigenvalue weighted by molar-refractivity contribution is -0.129. The van der Waals surface area contributed by atoms with Crippen molar-refractivity contribution in [2.75, 3.05) is 19.6 Å². The second kappa shape index (κ2) is 7.54. The number of aromatic nitrogens is 1. The smallest absolute Gasteiger partial charge is 0.324 e. The van der Waals surface area contributed by atoms with Crippen LogP contribution in [0, 0.1) is 0 Å². The van der Waals surface area contributed by atoms with E-state index in [2.05, 4.69) is 45.4 Å². The minimum absolute atomic E-state index is 0.129. The average Bonchev–Trinajstić information content (AvgIpc) is 3.42. The van der Waals surface area contributed by atoms with Crippen LogP contribution in [0.2, 0.25) is 0 Å². The van der Waals surface area contributed by atoms with Gasteiger partial charge in [0, 0.05) is 47.5 Å². The van der Waals surface area contributed by atoms with Gasteiger partial charge in [0.05, 0.1) is 6.04 Å². The van der Waals surface area contributed by atoms with Crippen molar-refractivity contribution in [1.29, 1.82) is 0 Å². The van der Waals surface area contributed by atoms with Crippen LogP contribution in [-0.4, -0.2) is 47.5 Å². The number of amides is 3. The van der Waals surface area contributed by atoms with Crippen molar-refractivity contribution in [3.63, 3.8) is 0 Å². The van der Waals surface area contributed by atoms with Crippen LogP contribution in [0.15, 0.2) is 48.0 Å². The van der Waals surface area contributed by atoms with Crippen LogP contribution in [0.4, 0.5) is 4.79 Å². The predicted octanol–water partition coefficient (Wildman–Crippen LogP) is 2.89. The number of hydrogen-bond acceptors (Lipinski definition) is 4. The Labute approximate surface area is 161 Å². The average molecular weight is 382 g/mol. The number of hydrogen-bond donors (Lipinski definition) is 3. The van der Waals surface area contributed by atoms with E-state index in [1.165, 1.54) is 20.7 Å². The van der Waals surface area contributed by atoms with Crippen LogP contribution in [0.3, 0.4) is 0 Å². The molecular weight excluding hydrogens is 360 g/mol. The molecular formula is C20H22N4O2S. The quantitative estimate of drug-likeness (QED) is 0.613. The monoisotopic (exact) mass is 382 g/mol. The minimum Gasteiger partial charge on any atom is -0.361 e. The lowest BCUT2D eigenvalue weighted by Gasteiger charge is -2.22. The molecule has 27 heavy (non-hydrogen) atoms. The van der Waals surface area contributed by atoms with E-state index in [1.807, 2.05) is 25.1 Å². The van der Waals surface area contributed by atoms with Crippen molar-refractivity contribution in [2.24, 2.45) is 0 Å². The van der Waals surface area contributed by atoms with Crippen molar-refractivity contribution >= 4 is 34.2 Å². The molecule has 3 N–H and O–H groups in total. The molecule has 3 aromatic rings. The third kappa shape index (κ3) is 3.48. The number of carbonyl (C=O) groups excluding carboxylic acids is 2. The molecule has 3 heterocycles. The summed E-state index contributed by atoms with van der Waals surface area (Å²) in [6.45, 7) is 3.38. The number of fused-ring (bicyclic) bond motifs is 1. The van der Waals surface area contributed by atoms with Crippen molar-refractivity contribution in [2.45, 2.75) is 18.9 Å². The molecule has 0 spiro atoms. The maximum absolute atomic E-state index is 12.6. The largest absolute Gasteiger partial charge is 0.361 e. The summed E-state index contributed by atoms with van der Waals surface area (Å²) in [4.78, 5) is 30.2. The summed E-state index contributed by atoms with van der Waals surface area (Å²) >= 11 is 1.71. The highest BCUT2D eigenvalue weighted by atomic mass is 32.1. The van der Waals surface area contributed by atoms with Crippen molar-refractivity contribution < 1.29 is 9.59 Å². The van der Waals surface area contributed by atoms with Gasteiger partial charge >= 0.3 is 6.03 Å². The normalized spacial score (nSPS) is 16.5. The Hall–Kier alpha value is -2.64. The number of H-pyrrole nitrogens is 1. The maximum Gasteiger partial charge on any atom is 0.324 e. The molecule has 1 aliphatic heterocycles. The van der Waals surface area contributed by atoms with Gasteiger partial charge in [-0.25, -0.2) is 4.79 Å². The molecule has 7 heteroatoms. The van der Waals surface area contributed by atoms with Gasteiger partial charge in [-0.2, -0.15) is 0 Å². The molecule has 0 bridgehead atoms. The predicted molar refractivity (Wildman–Crippen MR) is 107 cm³/mol. The molecule has 4 rings (SSSR count). The molecule has 2 atom stereocenters. The molecule has 1 aliphatic rings. The number of benzene rings is 1. The Morgan fingerprint density at radius 3 is 2.89 bits per heavy atom. The van der Waals surface area contributed by atoms with Crippen LogP contribution < -0.4 is 10.6 Å². The molecule has 1 saturated heterocycles. The number of rotatable bonds is 6. The van der Waals surface area contributed by atoms with Crippen LogP contribution in [0.1, 0.15) is 23.3 Å². The van der Waals surface area contributed by atoms with E-state index in [1.54, 1.807) is 11.3 Å². The lowest BCUT2D eigenvalue weighted by Crippen LogP contribution is -2.47. The molecule has 0 radical (unpaired) electrons. The summed E-state index contributed by atoms with van der Waals surface area (Å²) < 4.78 is 0. The first-order valence-corrected chi connectivity index (χ1v) is 9.95. The fraction of sp³-hybridized carbons (Fsp3) is 0.300. The Bertz CT molecular complexity index is 950. The van der Waals surface area contributed by atoms with Gasteiger partial charge in [0.15, 0.2) is 0 Å². The van der Waals surface area contributed by atoms with Crippen molar-refractivity contribution in [3.8, 4) is 0 Å². The van der Waals surface area contributed by atoms with Gasteiger partial charge in [-0.3, -0.25) is 9.69 Å². The molecule has 0 unspecified atom stereocenters. The van der Waals surface area contributed by atoms with E-state index >= 15 is 0 Å². The Balaban J connectivity index is 1.54. The first-order valence-electron chi connectivity index (χ1n) is 9.07. The van der Waals surface area contributed by atoms with E-state index in [0.717, 1.165) is 5.52 Å².